The van der Waals surface area contributed by atoms with Crippen molar-refractivity contribution in [2.24, 2.45) is 5.92 Å². The zero-order chi connectivity index (χ0) is 15.5. The summed E-state index contributed by atoms with van der Waals surface area (Å²) < 4.78 is 40.3. The lowest BCUT2D eigenvalue weighted by Gasteiger charge is -2.45. The lowest BCUT2D eigenvalue weighted by atomic mass is 9.65. The summed E-state index contributed by atoms with van der Waals surface area (Å²) in [5, 5.41) is 3.54. The molecule has 0 heterocycles. The molecule has 5 heteroatoms. The highest BCUT2D eigenvalue weighted by Gasteiger charge is 2.40. The van der Waals surface area contributed by atoms with Gasteiger partial charge in [0.15, 0.2) is 0 Å². The Morgan fingerprint density at radius 1 is 1.19 bits per heavy atom. The van der Waals surface area contributed by atoms with Crippen molar-refractivity contribution in [2.45, 2.75) is 51.4 Å². The van der Waals surface area contributed by atoms with Crippen molar-refractivity contribution in [3.63, 3.8) is 0 Å². The summed E-state index contributed by atoms with van der Waals surface area (Å²) >= 11 is 0. The largest absolute Gasteiger partial charge is 0.573 e. The molecule has 1 aliphatic rings. The minimum absolute atomic E-state index is 0.153. The van der Waals surface area contributed by atoms with Crippen LogP contribution in [0.4, 0.5) is 13.2 Å². The van der Waals surface area contributed by atoms with E-state index in [0.29, 0.717) is 17.9 Å². The van der Waals surface area contributed by atoms with Gasteiger partial charge in [-0.05, 0) is 48.9 Å². The van der Waals surface area contributed by atoms with Crippen LogP contribution in [-0.2, 0) is 0 Å². The number of benzene rings is 1. The Kier molecular flexibility index (Phi) is 5.14. The monoisotopic (exact) mass is 301 g/mol. The molecule has 1 saturated carbocycles. The van der Waals surface area contributed by atoms with Crippen molar-refractivity contribution in [1.82, 2.24) is 5.32 Å². The minimum Gasteiger partial charge on any atom is -0.406 e. The van der Waals surface area contributed by atoms with Gasteiger partial charge in [-0.25, -0.2) is 0 Å². The second kappa shape index (κ2) is 6.69. The highest BCUT2D eigenvalue weighted by molar-refractivity contribution is 5.32. The lowest BCUT2D eigenvalue weighted by molar-refractivity contribution is -0.274. The molecule has 0 spiro atoms. The average molecular weight is 301 g/mol. The summed E-state index contributed by atoms with van der Waals surface area (Å²) in [7, 11) is 0. The highest BCUT2D eigenvalue weighted by Crippen LogP contribution is 2.45. The third-order valence-corrected chi connectivity index (χ3v) is 4.21. The summed E-state index contributed by atoms with van der Waals surface area (Å²) in [5.41, 5.74) is 1.10. The summed E-state index contributed by atoms with van der Waals surface area (Å²) in [6.45, 7) is 5.33. The van der Waals surface area contributed by atoms with Gasteiger partial charge in [0.2, 0.25) is 0 Å². The van der Waals surface area contributed by atoms with Gasteiger partial charge in [-0.3, -0.25) is 0 Å². The predicted octanol–water partition coefficient (Wildman–Crippen LogP) is 4.47. The van der Waals surface area contributed by atoms with Crippen LogP contribution in [0.25, 0.3) is 0 Å². The third-order valence-electron chi connectivity index (χ3n) is 4.21. The van der Waals surface area contributed by atoms with Crippen molar-refractivity contribution in [3.05, 3.63) is 29.8 Å². The van der Waals surface area contributed by atoms with Crippen LogP contribution >= 0.6 is 0 Å². The number of hydrogen-bond acceptors (Lipinski definition) is 2. The van der Waals surface area contributed by atoms with Gasteiger partial charge in [0, 0.05) is 6.04 Å². The van der Waals surface area contributed by atoms with E-state index in [0.717, 1.165) is 31.4 Å². The molecule has 118 valence electrons. The molecule has 0 aliphatic heterocycles. The second-order valence-electron chi connectivity index (χ2n) is 5.59. The smallest absolute Gasteiger partial charge is 0.406 e. The maximum Gasteiger partial charge on any atom is 0.573 e. The predicted molar refractivity (Wildman–Crippen MR) is 76.3 cm³/mol. The summed E-state index contributed by atoms with van der Waals surface area (Å²) in [6, 6.07) is 6.85. The van der Waals surface area contributed by atoms with Gasteiger partial charge in [-0.15, -0.1) is 13.2 Å². The number of alkyl halides is 3. The number of rotatable bonds is 6. The molecule has 2 rings (SSSR count). The molecule has 3 unspecified atom stereocenters. The van der Waals surface area contributed by atoms with Gasteiger partial charge in [0.25, 0.3) is 0 Å². The molecule has 0 aromatic heterocycles. The fraction of sp³-hybridized carbons (Fsp3) is 0.625. The molecule has 0 saturated heterocycles. The van der Waals surface area contributed by atoms with E-state index in [-0.39, 0.29) is 5.75 Å². The van der Waals surface area contributed by atoms with E-state index >= 15 is 0 Å². The van der Waals surface area contributed by atoms with E-state index in [1.54, 1.807) is 12.1 Å². The molecular weight excluding hydrogens is 279 g/mol. The molecule has 1 aliphatic carbocycles. The molecule has 1 aromatic rings. The number of nitrogens with one attached hydrogen (secondary N) is 1. The average Bonchev–Trinajstić information content (AvgIpc) is 2.38. The topological polar surface area (TPSA) is 21.3 Å². The van der Waals surface area contributed by atoms with Crippen molar-refractivity contribution in [2.75, 3.05) is 6.54 Å². The van der Waals surface area contributed by atoms with E-state index < -0.39 is 6.36 Å². The minimum atomic E-state index is -4.63. The molecule has 1 fully saturated rings. The molecule has 0 amide bonds. The fourth-order valence-electron chi connectivity index (χ4n) is 3.14. The van der Waals surface area contributed by atoms with Gasteiger partial charge >= 0.3 is 6.36 Å². The van der Waals surface area contributed by atoms with Crippen LogP contribution in [0, 0.1) is 5.92 Å². The maximum absolute atomic E-state index is 12.1. The zero-order valence-corrected chi connectivity index (χ0v) is 12.4. The van der Waals surface area contributed by atoms with Gasteiger partial charge in [-0.1, -0.05) is 32.4 Å². The number of hydrogen-bond donors (Lipinski definition) is 1. The molecule has 1 N–H and O–H groups in total. The maximum atomic E-state index is 12.1. The first-order valence-electron chi connectivity index (χ1n) is 7.53. The molecule has 1 aromatic carbocycles. The first kappa shape index (κ1) is 16.1. The third kappa shape index (κ3) is 4.13. The van der Waals surface area contributed by atoms with Crippen LogP contribution in [-0.4, -0.2) is 18.9 Å². The molecular formula is C16H22F3NO. The Morgan fingerprint density at radius 2 is 1.86 bits per heavy atom. The first-order chi connectivity index (χ1) is 9.94. The van der Waals surface area contributed by atoms with Gasteiger partial charge in [-0.2, -0.15) is 0 Å². The van der Waals surface area contributed by atoms with Gasteiger partial charge in [0.1, 0.15) is 5.75 Å². The number of ether oxygens (including phenoxy) is 1. The van der Waals surface area contributed by atoms with E-state index in [1.165, 1.54) is 12.1 Å². The Labute approximate surface area is 123 Å². The lowest BCUT2D eigenvalue weighted by Crippen LogP contribution is -2.49. The van der Waals surface area contributed by atoms with Crippen LogP contribution in [0.3, 0.4) is 0 Å². The molecule has 3 atom stereocenters. The Hall–Kier alpha value is -1.23. The van der Waals surface area contributed by atoms with Crippen LogP contribution in [0.5, 0.6) is 5.75 Å². The van der Waals surface area contributed by atoms with Crippen LogP contribution < -0.4 is 10.1 Å². The number of halogens is 3. The van der Waals surface area contributed by atoms with Crippen LogP contribution in [0.1, 0.15) is 44.6 Å². The quantitative estimate of drug-likeness (QED) is 0.837. The first-order valence-corrected chi connectivity index (χ1v) is 7.53. The van der Waals surface area contributed by atoms with Crippen molar-refractivity contribution in [1.29, 1.82) is 0 Å². The van der Waals surface area contributed by atoms with Gasteiger partial charge in [0.05, 0.1) is 0 Å². The molecule has 2 nitrogen and oxygen atoms in total. The van der Waals surface area contributed by atoms with E-state index in [4.69, 9.17) is 0 Å². The van der Waals surface area contributed by atoms with Crippen LogP contribution in [0.2, 0.25) is 0 Å². The summed E-state index contributed by atoms with van der Waals surface area (Å²) in [4.78, 5) is 0. The van der Waals surface area contributed by atoms with Gasteiger partial charge < -0.3 is 10.1 Å². The summed E-state index contributed by atoms with van der Waals surface area (Å²) in [5.74, 6) is 0.842. The standard InChI is InChI=1S/C16H22F3NO/c1-3-9-20-15-10-14(13(15)4-2)11-5-7-12(8-6-11)21-16(17,18)19/h5-8,13-15,20H,3-4,9-10H2,1-2H3. The fourth-order valence-corrected chi connectivity index (χ4v) is 3.14. The van der Waals surface area contributed by atoms with Crippen molar-refractivity contribution < 1.29 is 17.9 Å². The Balaban J connectivity index is 1.96. The van der Waals surface area contributed by atoms with Crippen LogP contribution in [0.15, 0.2) is 24.3 Å². The zero-order valence-electron chi connectivity index (χ0n) is 12.4. The highest BCUT2D eigenvalue weighted by atomic mass is 19.4. The molecule has 0 radical (unpaired) electrons. The molecule has 21 heavy (non-hydrogen) atoms. The summed E-state index contributed by atoms with van der Waals surface area (Å²) in [6.07, 6.45) is -1.38. The Morgan fingerprint density at radius 3 is 2.38 bits per heavy atom. The SMILES string of the molecule is CCCNC1CC(c2ccc(OC(F)(F)F)cc2)C1CC. The van der Waals surface area contributed by atoms with Crippen molar-refractivity contribution >= 4 is 0 Å². The van der Waals surface area contributed by atoms with E-state index in [1.807, 2.05) is 0 Å². The van der Waals surface area contributed by atoms with E-state index in [9.17, 15) is 13.2 Å². The Bertz CT molecular complexity index is 444. The second-order valence-corrected chi connectivity index (χ2v) is 5.59. The van der Waals surface area contributed by atoms with Crippen molar-refractivity contribution in [3.8, 4) is 5.75 Å². The molecule has 0 bridgehead atoms. The van der Waals surface area contributed by atoms with E-state index in [2.05, 4.69) is 23.9 Å². The normalized spacial score (nSPS) is 25.5.